The van der Waals surface area contributed by atoms with Crippen molar-refractivity contribution in [2.45, 2.75) is 38.6 Å². The third-order valence-corrected chi connectivity index (χ3v) is 5.96. The van der Waals surface area contributed by atoms with Crippen molar-refractivity contribution in [3.8, 4) is 0 Å². The highest BCUT2D eigenvalue weighted by molar-refractivity contribution is 7.22. The van der Waals surface area contributed by atoms with Crippen molar-refractivity contribution in [2.75, 3.05) is 11.4 Å². The summed E-state index contributed by atoms with van der Waals surface area (Å²) in [6, 6.07) is 4.94. The Morgan fingerprint density at radius 2 is 2.19 bits per heavy atom. The number of thiazole rings is 1. The molecule has 2 heterocycles. The van der Waals surface area contributed by atoms with Gasteiger partial charge in [0.1, 0.15) is 11.3 Å². The second-order valence-corrected chi connectivity index (χ2v) is 7.72. The summed E-state index contributed by atoms with van der Waals surface area (Å²) in [5, 5.41) is 0.604. The van der Waals surface area contributed by atoms with E-state index in [9.17, 15) is 9.18 Å². The van der Waals surface area contributed by atoms with E-state index in [0.29, 0.717) is 17.2 Å². The van der Waals surface area contributed by atoms with Crippen LogP contribution in [0.15, 0.2) is 36.9 Å². The summed E-state index contributed by atoms with van der Waals surface area (Å²) in [6.07, 6.45) is 10.3. The second-order valence-electron chi connectivity index (χ2n) is 6.71. The van der Waals surface area contributed by atoms with Gasteiger partial charge in [-0.05, 0) is 31.4 Å². The number of hydrogen-bond donors (Lipinski definition) is 0. The predicted octanol–water partition coefficient (Wildman–Crippen LogP) is 4.25. The molecule has 1 aromatic carbocycles. The van der Waals surface area contributed by atoms with E-state index in [-0.39, 0.29) is 17.6 Å². The Morgan fingerprint density at radius 1 is 1.35 bits per heavy atom. The first-order chi connectivity index (χ1) is 12.7. The van der Waals surface area contributed by atoms with Crippen molar-refractivity contribution in [2.24, 2.45) is 5.92 Å². The minimum Gasteiger partial charge on any atom is -0.337 e. The minimum atomic E-state index is -0.336. The van der Waals surface area contributed by atoms with Gasteiger partial charge in [-0.15, -0.1) is 0 Å². The summed E-state index contributed by atoms with van der Waals surface area (Å²) in [5.74, 6) is -0.135. The molecule has 4 rings (SSSR count). The third kappa shape index (κ3) is 3.49. The lowest BCUT2D eigenvalue weighted by atomic mass is 10.1. The standard InChI is InChI=1S/C19H21FN4OS/c20-15-7-3-8-16-17(15)22-19(26-16)24(18(25)14-5-1-2-6-14)11-4-10-23-12-9-21-13-23/h3,7-9,12-14H,1-2,4-6,10-11H2. The Balaban J connectivity index is 1.57. The number of benzene rings is 1. The van der Waals surface area contributed by atoms with E-state index in [4.69, 9.17) is 0 Å². The van der Waals surface area contributed by atoms with Gasteiger partial charge in [0, 0.05) is 31.4 Å². The molecule has 0 bridgehead atoms. The molecule has 3 aromatic rings. The van der Waals surface area contributed by atoms with Crippen molar-refractivity contribution < 1.29 is 9.18 Å². The Labute approximate surface area is 155 Å². The van der Waals surface area contributed by atoms with Crippen LogP contribution >= 0.6 is 11.3 Å². The van der Waals surface area contributed by atoms with Crippen molar-refractivity contribution in [3.63, 3.8) is 0 Å². The SMILES string of the molecule is O=C(C1CCCC1)N(CCCn1ccnc1)c1nc2c(F)cccc2s1. The lowest BCUT2D eigenvalue weighted by Crippen LogP contribution is -2.36. The van der Waals surface area contributed by atoms with Crippen LogP contribution in [-0.2, 0) is 11.3 Å². The van der Waals surface area contributed by atoms with Gasteiger partial charge >= 0.3 is 0 Å². The molecule has 0 radical (unpaired) electrons. The van der Waals surface area contributed by atoms with E-state index in [1.54, 1.807) is 23.5 Å². The first-order valence-electron chi connectivity index (χ1n) is 9.04. The van der Waals surface area contributed by atoms with Crippen molar-refractivity contribution in [1.82, 2.24) is 14.5 Å². The second kappa shape index (κ2) is 7.53. The maximum atomic E-state index is 14.0. The number of carbonyl (C=O) groups is 1. The number of amides is 1. The normalized spacial score (nSPS) is 15.0. The molecule has 1 fully saturated rings. The fourth-order valence-electron chi connectivity index (χ4n) is 3.54. The lowest BCUT2D eigenvalue weighted by molar-refractivity contribution is -0.122. The van der Waals surface area contributed by atoms with Gasteiger partial charge in [-0.3, -0.25) is 9.69 Å². The van der Waals surface area contributed by atoms with Gasteiger partial charge < -0.3 is 4.57 Å². The first kappa shape index (κ1) is 17.1. The number of fused-ring (bicyclic) bond motifs is 1. The molecule has 7 heteroatoms. The molecule has 0 N–H and O–H groups in total. The van der Waals surface area contributed by atoms with Gasteiger partial charge in [-0.2, -0.15) is 0 Å². The zero-order valence-corrected chi connectivity index (χ0v) is 15.3. The predicted molar refractivity (Wildman–Crippen MR) is 101 cm³/mol. The van der Waals surface area contributed by atoms with Crippen LogP contribution in [-0.4, -0.2) is 27.0 Å². The number of para-hydroxylation sites is 1. The lowest BCUT2D eigenvalue weighted by Gasteiger charge is -2.23. The molecule has 136 valence electrons. The van der Waals surface area contributed by atoms with Crippen molar-refractivity contribution >= 4 is 32.6 Å². The molecule has 0 saturated heterocycles. The van der Waals surface area contributed by atoms with E-state index in [1.165, 1.54) is 17.4 Å². The van der Waals surface area contributed by atoms with Crippen LogP contribution in [0.1, 0.15) is 32.1 Å². The molecule has 0 aliphatic heterocycles. The Kier molecular flexibility index (Phi) is 4.97. The van der Waals surface area contributed by atoms with Gasteiger partial charge in [0.25, 0.3) is 0 Å². The number of imidazole rings is 1. The maximum Gasteiger partial charge on any atom is 0.231 e. The van der Waals surface area contributed by atoms with E-state index in [1.807, 2.05) is 16.8 Å². The molecule has 1 aliphatic rings. The summed E-state index contributed by atoms with van der Waals surface area (Å²) in [4.78, 5) is 23.3. The van der Waals surface area contributed by atoms with E-state index in [0.717, 1.165) is 43.3 Å². The highest BCUT2D eigenvalue weighted by atomic mass is 32.1. The molecule has 0 unspecified atom stereocenters. The van der Waals surface area contributed by atoms with E-state index < -0.39 is 0 Å². The number of anilines is 1. The largest absolute Gasteiger partial charge is 0.337 e. The van der Waals surface area contributed by atoms with Gasteiger partial charge in [0.05, 0.1) is 11.0 Å². The van der Waals surface area contributed by atoms with Crippen LogP contribution in [0.2, 0.25) is 0 Å². The van der Waals surface area contributed by atoms with Crippen molar-refractivity contribution in [3.05, 3.63) is 42.7 Å². The zero-order valence-electron chi connectivity index (χ0n) is 14.5. The molecule has 1 amide bonds. The third-order valence-electron chi connectivity index (χ3n) is 4.92. The summed E-state index contributed by atoms with van der Waals surface area (Å²) in [7, 11) is 0. The van der Waals surface area contributed by atoms with Crippen molar-refractivity contribution in [1.29, 1.82) is 0 Å². The first-order valence-corrected chi connectivity index (χ1v) is 9.86. The summed E-state index contributed by atoms with van der Waals surface area (Å²) in [6.45, 7) is 1.36. The molecule has 1 saturated carbocycles. The maximum absolute atomic E-state index is 14.0. The average molecular weight is 372 g/mol. The summed E-state index contributed by atoms with van der Waals surface area (Å²) in [5.41, 5.74) is 0.353. The number of rotatable bonds is 6. The highest BCUT2D eigenvalue weighted by Gasteiger charge is 2.29. The van der Waals surface area contributed by atoms with Crippen LogP contribution in [0.25, 0.3) is 10.2 Å². The molecule has 2 aromatic heterocycles. The number of halogens is 1. The number of aromatic nitrogens is 3. The van der Waals surface area contributed by atoms with Crippen LogP contribution < -0.4 is 4.90 Å². The Morgan fingerprint density at radius 3 is 2.92 bits per heavy atom. The van der Waals surface area contributed by atoms with Crippen LogP contribution in [0.4, 0.5) is 9.52 Å². The van der Waals surface area contributed by atoms with Gasteiger partial charge in [-0.25, -0.2) is 14.4 Å². The van der Waals surface area contributed by atoms with E-state index in [2.05, 4.69) is 9.97 Å². The topological polar surface area (TPSA) is 51.0 Å². The van der Waals surface area contributed by atoms with E-state index >= 15 is 0 Å². The fourth-order valence-corrected chi connectivity index (χ4v) is 4.55. The van der Waals surface area contributed by atoms with Crippen LogP contribution in [0.3, 0.4) is 0 Å². The molecule has 5 nitrogen and oxygen atoms in total. The monoisotopic (exact) mass is 372 g/mol. The van der Waals surface area contributed by atoms with Crippen LogP contribution in [0.5, 0.6) is 0 Å². The summed E-state index contributed by atoms with van der Waals surface area (Å²) >= 11 is 1.39. The molecular weight excluding hydrogens is 351 g/mol. The Bertz CT molecular complexity index is 886. The van der Waals surface area contributed by atoms with Gasteiger partial charge in [0.2, 0.25) is 5.91 Å². The minimum absolute atomic E-state index is 0.0695. The smallest absolute Gasteiger partial charge is 0.231 e. The molecular formula is C19H21FN4OS. The molecule has 1 aliphatic carbocycles. The Hall–Kier alpha value is -2.28. The number of nitrogens with zero attached hydrogens (tertiary/aromatic N) is 4. The molecule has 0 atom stereocenters. The quantitative estimate of drug-likeness (QED) is 0.650. The zero-order chi connectivity index (χ0) is 17.9. The molecule has 26 heavy (non-hydrogen) atoms. The molecule has 0 spiro atoms. The van der Waals surface area contributed by atoms with Crippen LogP contribution in [0, 0.1) is 11.7 Å². The number of carbonyl (C=O) groups excluding carboxylic acids is 1. The fraction of sp³-hybridized carbons (Fsp3) is 0.421. The number of aryl methyl sites for hydroxylation is 1. The van der Waals surface area contributed by atoms with Gasteiger partial charge in [-0.1, -0.05) is 30.2 Å². The average Bonchev–Trinajstić information content (AvgIpc) is 3.39. The highest BCUT2D eigenvalue weighted by Crippen LogP contribution is 2.33. The summed E-state index contributed by atoms with van der Waals surface area (Å²) < 4.78 is 16.8. The number of hydrogen-bond acceptors (Lipinski definition) is 4. The van der Waals surface area contributed by atoms with Gasteiger partial charge in [0.15, 0.2) is 5.13 Å².